The van der Waals surface area contributed by atoms with E-state index >= 15 is 0 Å². The largest absolute Gasteiger partial charge is 0.490 e. The van der Waals surface area contributed by atoms with E-state index in [0.717, 1.165) is 0 Å². The Kier molecular flexibility index (Phi) is 6.59. The molecular formula is C19H16ClFN2O3. The number of hydrogen-bond acceptors (Lipinski definition) is 4. The molecule has 2 aromatic rings. The number of amides is 1. The maximum atomic E-state index is 13.8. The predicted molar refractivity (Wildman–Crippen MR) is 96.1 cm³/mol. The van der Waals surface area contributed by atoms with Crippen molar-refractivity contribution < 1.29 is 18.7 Å². The van der Waals surface area contributed by atoms with E-state index in [9.17, 15) is 9.18 Å². The van der Waals surface area contributed by atoms with E-state index in [1.165, 1.54) is 18.2 Å². The summed E-state index contributed by atoms with van der Waals surface area (Å²) in [6, 6.07) is 10.9. The van der Waals surface area contributed by atoms with Crippen molar-refractivity contribution >= 4 is 23.6 Å². The quantitative estimate of drug-likeness (QED) is 0.589. The SMILES string of the molecule is CCOc1cc(/C=C(\C#N)C(N)=O)ccc1OCc1c(F)cccc1Cl. The number of nitriles is 1. The summed E-state index contributed by atoms with van der Waals surface area (Å²) < 4.78 is 25.0. The van der Waals surface area contributed by atoms with Crippen molar-refractivity contribution in [3.8, 4) is 17.6 Å². The second-order valence-electron chi connectivity index (χ2n) is 5.16. The van der Waals surface area contributed by atoms with Gasteiger partial charge in [-0.05, 0) is 42.8 Å². The highest BCUT2D eigenvalue weighted by molar-refractivity contribution is 6.31. The van der Waals surface area contributed by atoms with E-state index in [4.69, 9.17) is 32.1 Å². The molecule has 2 rings (SSSR count). The molecule has 0 saturated carbocycles. The van der Waals surface area contributed by atoms with Crippen LogP contribution in [0.4, 0.5) is 4.39 Å². The van der Waals surface area contributed by atoms with Crippen molar-refractivity contribution in [1.29, 1.82) is 5.26 Å². The van der Waals surface area contributed by atoms with Crippen LogP contribution in [0.3, 0.4) is 0 Å². The first kappa shape index (κ1) is 19.3. The molecule has 2 aromatic carbocycles. The van der Waals surface area contributed by atoms with Crippen LogP contribution < -0.4 is 15.2 Å². The maximum Gasteiger partial charge on any atom is 0.259 e. The second-order valence-corrected chi connectivity index (χ2v) is 5.57. The summed E-state index contributed by atoms with van der Waals surface area (Å²) in [5, 5.41) is 9.19. The van der Waals surface area contributed by atoms with Crippen molar-refractivity contribution in [2.24, 2.45) is 5.73 Å². The number of benzene rings is 2. The van der Waals surface area contributed by atoms with Gasteiger partial charge in [-0.3, -0.25) is 4.79 Å². The van der Waals surface area contributed by atoms with Gasteiger partial charge in [-0.2, -0.15) is 5.26 Å². The third-order valence-corrected chi connectivity index (χ3v) is 3.75. The van der Waals surface area contributed by atoms with Gasteiger partial charge < -0.3 is 15.2 Å². The van der Waals surface area contributed by atoms with Crippen molar-refractivity contribution in [2.75, 3.05) is 6.61 Å². The van der Waals surface area contributed by atoms with Crippen molar-refractivity contribution in [2.45, 2.75) is 13.5 Å². The summed E-state index contributed by atoms with van der Waals surface area (Å²) >= 11 is 5.99. The topological polar surface area (TPSA) is 85.3 Å². The van der Waals surface area contributed by atoms with Crippen LogP contribution in [0.25, 0.3) is 6.08 Å². The Balaban J connectivity index is 2.29. The molecule has 5 nitrogen and oxygen atoms in total. The fourth-order valence-electron chi connectivity index (χ4n) is 2.15. The molecule has 0 saturated heterocycles. The van der Waals surface area contributed by atoms with E-state index in [-0.39, 0.29) is 22.8 Å². The molecule has 0 aliphatic carbocycles. The first-order valence-electron chi connectivity index (χ1n) is 7.70. The van der Waals surface area contributed by atoms with Gasteiger partial charge in [-0.1, -0.05) is 23.7 Å². The van der Waals surface area contributed by atoms with E-state index < -0.39 is 11.7 Å². The average molecular weight is 375 g/mol. The number of nitrogens with two attached hydrogens (primary N) is 1. The van der Waals surface area contributed by atoms with Gasteiger partial charge in [-0.25, -0.2) is 4.39 Å². The molecule has 26 heavy (non-hydrogen) atoms. The number of nitrogens with zero attached hydrogens (tertiary/aromatic N) is 1. The van der Waals surface area contributed by atoms with Gasteiger partial charge in [0.15, 0.2) is 11.5 Å². The molecule has 0 aliphatic heterocycles. The predicted octanol–water partition coefficient (Wildman–Crippen LogP) is 3.85. The third-order valence-electron chi connectivity index (χ3n) is 3.40. The zero-order chi connectivity index (χ0) is 19.1. The average Bonchev–Trinajstić information content (AvgIpc) is 2.60. The second kappa shape index (κ2) is 8.88. The minimum Gasteiger partial charge on any atom is -0.490 e. The number of ether oxygens (including phenoxy) is 2. The van der Waals surface area contributed by atoms with Crippen LogP contribution in [0, 0.1) is 17.1 Å². The minimum absolute atomic E-state index is 0.0779. The Morgan fingerprint density at radius 2 is 2.08 bits per heavy atom. The van der Waals surface area contributed by atoms with Crippen LogP contribution in [0.15, 0.2) is 42.0 Å². The highest BCUT2D eigenvalue weighted by Crippen LogP contribution is 2.31. The molecule has 0 unspecified atom stereocenters. The van der Waals surface area contributed by atoms with Crippen LogP contribution in [-0.2, 0) is 11.4 Å². The van der Waals surface area contributed by atoms with E-state index in [1.54, 1.807) is 37.3 Å². The fourth-order valence-corrected chi connectivity index (χ4v) is 2.36. The zero-order valence-corrected chi connectivity index (χ0v) is 14.7. The van der Waals surface area contributed by atoms with Gasteiger partial charge in [-0.15, -0.1) is 0 Å². The van der Waals surface area contributed by atoms with Crippen LogP contribution in [-0.4, -0.2) is 12.5 Å². The Bertz CT molecular complexity index is 871. The van der Waals surface area contributed by atoms with Gasteiger partial charge >= 0.3 is 0 Å². The molecule has 0 aromatic heterocycles. The van der Waals surface area contributed by atoms with E-state index in [2.05, 4.69) is 0 Å². The number of carbonyl (C=O) groups excluding carboxylic acids is 1. The lowest BCUT2D eigenvalue weighted by Gasteiger charge is -2.13. The minimum atomic E-state index is -0.819. The first-order valence-corrected chi connectivity index (χ1v) is 8.08. The lowest BCUT2D eigenvalue weighted by atomic mass is 10.1. The molecule has 7 heteroatoms. The van der Waals surface area contributed by atoms with Gasteiger partial charge in [0.1, 0.15) is 24.1 Å². The lowest BCUT2D eigenvalue weighted by Crippen LogP contribution is -2.12. The maximum absolute atomic E-state index is 13.8. The summed E-state index contributed by atoms with van der Waals surface area (Å²) in [4.78, 5) is 11.2. The van der Waals surface area contributed by atoms with Gasteiger partial charge in [0.2, 0.25) is 0 Å². The van der Waals surface area contributed by atoms with Crippen LogP contribution in [0.1, 0.15) is 18.1 Å². The highest BCUT2D eigenvalue weighted by atomic mass is 35.5. The van der Waals surface area contributed by atoms with E-state index in [0.29, 0.717) is 23.7 Å². The van der Waals surface area contributed by atoms with Crippen LogP contribution in [0.2, 0.25) is 5.02 Å². The number of rotatable bonds is 7. The van der Waals surface area contributed by atoms with Crippen LogP contribution >= 0.6 is 11.6 Å². The van der Waals surface area contributed by atoms with Gasteiger partial charge in [0.25, 0.3) is 5.91 Å². The molecule has 0 atom stereocenters. The third kappa shape index (κ3) is 4.74. The van der Waals surface area contributed by atoms with Crippen molar-refractivity contribution in [1.82, 2.24) is 0 Å². The molecule has 0 heterocycles. The zero-order valence-electron chi connectivity index (χ0n) is 14.0. The number of primary amides is 1. The molecule has 134 valence electrons. The molecular weight excluding hydrogens is 359 g/mol. The monoisotopic (exact) mass is 374 g/mol. The smallest absolute Gasteiger partial charge is 0.259 e. The molecule has 0 spiro atoms. The van der Waals surface area contributed by atoms with Gasteiger partial charge in [0.05, 0.1) is 11.6 Å². The molecule has 2 N–H and O–H groups in total. The summed E-state index contributed by atoms with van der Waals surface area (Å²) in [6.07, 6.45) is 1.35. The molecule has 0 aliphatic rings. The Hall–Kier alpha value is -3.04. The van der Waals surface area contributed by atoms with Crippen molar-refractivity contribution in [3.05, 3.63) is 63.9 Å². The summed E-state index contributed by atoms with van der Waals surface area (Å²) in [5.41, 5.74) is 5.73. The summed E-state index contributed by atoms with van der Waals surface area (Å²) in [6.45, 7) is 2.08. The van der Waals surface area contributed by atoms with Crippen molar-refractivity contribution in [3.63, 3.8) is 0 Å². The number of hydrogen-bond donors (Lipinski definition) is 1. The number of carbonyl (C=O) groups is 1. The first-order chi connectivity index (χ1) is 12.5. The summed E-state index contributed by atoms with van der Waals surface area (Å²) in [5.74, 6) is -0.522. The van der Waals surface area contributed by atoms with Gasteiger partial charge in [0, 0.05) is 5.56 Å². The number of halogens is 2. The molecule has 1 amide bonds. The van der Waals surface area contributed by atoms with E-state index in [1.807, 2.05) is 0 Å². The Morgan fingerprint density at radius 3 is 2.69 bits per heavy atom. The highest BCUT2D eigenvalue weighted by Gasteiger charge is 2.12. The Morgan fingerprint density at radius 1 is 1.31 bits per heavy atom. The normalized spacial score (nSPS) is 10.9. The molecule has 0 fully saturated rings. The molecule has 0 radical (unpaired) electrons. The fraction of sp³-hybridized carbons (Fsp3) is 0.158. The molecule has 0 bridgehead atoms. The lowest BCUT2D eigenvalue weighted by molar-refractivity contribution is -0.114. The standard InChI is InChI=1S/C19H16ClFN2O3/c1-2-25-18-9-12(8-13(10-22)19(23)24)6-7-17(18)26-11-14-15(20)4-3-5-16(14)21/h3-9H,2,11H2,1H3,(H2,23,24)/b13-8+. The summed E-state index contributed by atoms with van der Waals surface area (Å²) in [7, 11) is 0. The van der Waals surface area contributed by atoms with Crippen LogP contribution in [0.5, 0.6) is 11.5 Å². The Labute approximate surface area is 155 Å².